The zero-order valence-electron chi connectivity index (χ0n) is 15.4. The van der Waals surface area contributed by atoms with Crippen molar-refractivity contribution < 1.29 is 33.8 Å². The van der Waals surface area contributed by atoms with Gasteiger partial charge >= 0.3 is 5.97 Å². The van der Waals surface area contributed by atoms with E-state index >= 15 is 0 Å². The van der Waals surface area contributed by atoms with Crippen molar-refractivity contribution in [2.24, 2.45) is 5.73 Å². The van der Waals surface area contributed by atoms with E-state index in [-0.39, 0.29) is 17.7 Å². The van der Waals surface area contributed by atoms with Crippen LogP contribution in [0, 0.1) is 10.1 Å². The lowest BCUT2D eigenvalue weighted by atomic mass is 10.1. The fraction of sp³-hybridized carbons (Fsp3) is 0.562. The zero-order chi connectivity index (χ0) is 20.9. The summed E-state index contributed by atoms with van der Waals surface area (Å²) >= 11 is 0. The van der Waals surface area contributed by atoms with E-state index in [1.165, 1.54) is 12.1 Å². The Morgan fingerprint density at radius 1 is 1.46 bits per heavy atom. The lowest BCUT2D eigenvalue weighted by Crippen LogP contribution is -2.36. The van der Waals surface area contributed by atoms with Gasteiger partial charge < -0.3 is 30.1 Å². The highest BCUT2D eigenvalue weighted by molar-refractivity contribution is 7.58. The van der Waals surface area contributed by atoms with Crippen molar-refractivity contribution in [3.05, 3.63) is 33.9 Å². The van der Waals surface area contributed by atoms with Gasteiger partial charge in [-0.3, -0.25) is 19.5 Å². The number of nitro benzene ring substituents is 1. The van der Waals surface area contributed by atoms with Crippen molar-refractivity contribution in [2.75, 3.05) is 44.5 Å². The molecule has 0 radical (unpaired) electrons. The van der Waals surface area contributed by atoms with Crippen LogP contribution in [0.1, 0.15) is 17.8 Å². The monoisotopic (exact) mass is 417 g/mol. The molecule has 1 aliphatic rings. The van der Waals surface area contributed by atoms with Crippen molar-refractivity contribution in [1.29, 1.82) is 0 Å². The van der Waals surface area contributed by atoms with E-state index < -0.39 is 36.3 Å². The number of ether oxygens (including phenoxy) is 2. The number of aliphatic hydroxyl groups excluding tert-OH is 1. The Bertz CT molecular complexity index is 768. The van der Waals surface area contributed by atoms with Gasteiger partial charge in [-0.1, -0.05) is 6.07 Å². The molecule has 12 heteroatoms. The lowest BCUT2D eigenvalue weighted by Gasteiger charge is -2.29. The van der Waals surface area contributed by atoms with Gasteiger partial charge in [-0.15, -0.1) is 0 Å². The standard InChI is InChI=1S/C16H24N3O8P/c1-26-15(20)12(17)4-9-28(24,25)16(21)11-2-3-13(14(10-11)19(22)23)18-5-7-27-8-6-18/h2-3,10,12,16,21H,4-9,17H2,1H3,(H,24,25)/t12-,16?/m0/s1. The van der Waals surface area contributed by atoms with Crippen LogP contribution >= 0.6 is 7.37 Å². The van der Waals surface area contributed by atoms with Gasteiger partial charge in [0.2, 0.25) is 7.37 Å². The molecule has 0 amide bonds. The number of rotatable bonds is 8. The van der Waals surface area contributed by atoms with Crippen molar-refractivity contribution in [2.45, 2.75) is 18.3 Å². The summed E-state index contributed by atoms with van der Waals surface area (Å²) in [4.78, 5) is 34.2. The normalized spacial score (nSPS) is 18.8. The summed E-state index contributed by atoms with van der Waals surface area (Å²) in [6.45, 7) is 1.83. The summed E-state index contributed by atoms with van der Waals surface area (Å²) in [5.74, 6) is -2.57. The first kappa shape index (κ1) is 22.3. The first-order valence-electron chi connectivity index (χ1n) is 8.61. The van der Waals surface area contributed by atoms with Crippen LogP contribution in [0.15, 0.2) is 18.2 Å². The summed E-state index contributed by atoms with van der Waals surface area (Å²) in [5, 5.41) is 21.8. The predicted octanol–water partition coefficient (Wildman–Crippen LogP) is 0.583. The molecule has 0 bridgehead atoms. The molecule has 1 aromatic carbocycles. The highest BCUT2D eigenvalue weighted by Gasteiger charge is 2.34. The van der Waals surface area contributed by atoms with Crippen LogP contribution in [0.25, 0.3) is 0 Å². The Labute approximate surface area is 161 Å². The minimum absolute atomic E-state index is 0.0545. The molecule has 2 rings (SSSR count). The van der Waals surface area contributed by atoms with Crippen LogP contribution in [0.3, 0.4) is 0 Å². The highest BCUT2D eigenvalue weighted by atomic mass is 31.2. The molecule has 28 heavy (non-hydrogen) atoms. The van der Waals surface area contributed by atoms with Gasteiger partial charge in [0.05, 0.1) is 25.2 Å². The summed E-state index contributed by atoms with van der Waals surface area (Å²) < 4.78 is 22.2. The van der Waals surface area contributed by atoms with E-state index in [0.29, 0.717) is 32.0 Å². The molecular weight excluding hydrogens is 393 g/mol. The van der Waals surface area contributed by atoms with Gasteiger partial charge in [0.1, 0.15) is 11.7 Å². The number of carbonyl (C=O) groups excluding carboxylic acids is 1. The zero-order valence-corrected chi connectivity index (χ0v) is 16.3. The van der Waals surface area contributed by atoms with Crippen LogP contribution in [0.4, 0.5) is 11.4 Å². The van der Waals surface area contributed by atoms with Gasteiger partial charge in [0.15, 0.2) is 5.85 Å². The quantitative estimate of drug-likeness (QED) is 0.236. The molecule has 1 aliphatic heterocycles. The third kappa shape index (κ3) is 5.27. The molecule has 1 heterocycles. The number of nitrogens with zero attached hydrogens (tertiary/aromatic N) is 2. The van der Waals surface area contributed by atoms with Crippen LogP contribution in [0.2, 0.25) is 0 Å². The molecule has 0 spiro atoms. The number of carbonyl (C=O) groups is 1. The SMILES string of the molecule is COC(=O)[C@@H](N)CCP(=O)(O)C(O)c1ccc(N2CCOCC2)c([N+](=O)[O-])c1. The van der Waals surface area contributed by atoms with Crippen molar-refractivity contribution in [1.82, 2.24) is 0 Å². The first-order valence-corrected chi connectivity index (χ1v) is 10.5. The fourth-order valence-electron chi connectivity index (χ4n) is 2.87. The van der Waals surface area contributed by atoms with Gasteiger partial charge in [-0.25, -0.2) is 0 Å². The second-order valence-corrected chi connectivity index (χ2v) is 8.82. The highest BCUT2D eigenvalue weighted by Crippen LogP contribution is 2.55. The van der Waals surface area contributed by atoms with Gasteiger partial charge in [0, 0.05) is 25.3 Å². The molecule has 11 nitrogen and oxygen atoms in total. The maximum absolute atomic E-state index is 12.5. The van der Waals surface area contributed by atoms with Gasteiger partial charge in [-0.05, 0) is 18.1 Å². The van der Waals surface area contributed by atoms with Crippen LogP contribution in [-0.2, 0) is 18.8 Å². The van der Waals surface area contributed by atoms with Crippen molar-refractivity contribution in [3.63, 3.8) is 0 Å². The van der Waals surface area contributed by atoms with Gasteiger partial charge in [0.25, 0.3) is 5.69 Å². The number of nitrogens with two attached hydrogens (primary N) is 1. The Kier molecular flexibility index (Phi) is 7.50. The largest absolute Gasteiger partial charge is 0.468 e. The van der Waals surface area contributed by atoms with E-state index in [0.717, 1.165) is 13.2 Å². The second-order valence-electron chi connectivity index (χ2n) is 6.38. The molecule has 1 fully saturated rings. The average Bonchev–Trinajstić information content (AvgIpc) is 2.70. The molecule has 0 aromatic heterocycles. The van der Waals surface area contributed by atoms with Crippen LogP contribution in [-0.4, -0.2) is 66.5 Å². The van der Waals surface area contributed by atoms with E-state index in [4.69, 9.17) is 10.5 Å². The van der Waals surface area contributed by atoms with Gasteiger partial charge in [-0.2, -0.15) is 0 Å². The number of benzene rings is 1. The minimum atomic E-state index is -4.20. The fourth-order valence-corrected chi connectivity index (χ4v) is 4.39. The third-order valence-electron chi connectivity index (χ3n) is 4.49. The number of aliphatic hydroxyl groups is 1. The van der Waals surface area contributed by atoms with E-state index in [1.807, 2.05) is 0 Å². The van der Waals surface area contributed by atoms with Crippen molar-refractivity contribution in [3.8, 4) is 0 Å². The maximum atomic E-state index is 12.5. The van der Waals surface area contributed by atoms with Crippen LogP contribution in [0.5, 0.6) is 0 Å². The lowest BCUT2D eigenvalue weighted by molar-refractivity contribution is -0.384. The minimum Gasteiger partial charge on any atom is -0.468 e. The molecule has 156 valence electrons. The molecule has 3 atom stereocenters. The average molecular weight is 417 g/mol. The maximum Gasteiger partial charge on any atom is 0.322 e. The number of esters is 1. The van der Waals surface area contributed by atoms with E-state index in [1.54, 1.807) is 4.90 Å². The third-order valence-corrected chi connectivity index (χ3v) is 6.45. The number of methoxy groups -OCH3 is 1. The van der Waals surface area contributed by atoms with Crippen molar-refractivity contribution >= 4 is 24.7 Å². The molecule has 4 N–H and O–H groups in total. The Morgan fingerprint density at radius 2 is 2.11 bits per heavy atom. The Morgan fingerprint density at radius 3 is 2.68 bits per heavy atom. The Hall–Kier alpha value is -2.04. The van der Waals surface area contributed by atoms with E-state index in [9.17, 15) is 29.5 Å². The summed E-state index contributed by atoms with van der Waals surface area (Å²) in [7, 11) is -3.05. The Balaban J connectivity index is 2.21. The number of hydrogen-bond donors (Lipinski definition) is 3. The molecule has 1 aromatic rings. The number of hydrogen-bond acceptors (Lipinski definition) is 9. The summed E-state index contributed by atoms with van der Waals surface area (Å²) in [5.41, 5.74) is 5.57. The first-order chi connectivity index (χ1) is 13.2. The summed E-state index contributed by atoms with van der Waals surface area (Å²) in [6, 6.07) is 2.82. The number of nitro groups is 1. The predicted molar refractivity (Wildman–Crippen MR) is 100 cm³/mol. The second kappa shape index (κ2) is 9.44. The number of anilines is 1. The summed E-state index contributed by atoms with van der Waals surface area (Å²) in [6.07, 6.45) is -0.616. The molecule has 0 saturated carbocycles. The smallest absolute Gasteiger partial charge is 0.322 e. The molecule has 2 unspecified atom stereocenters. The topological polar surface area (TPSA) is 165 Å². The van der Waals surface area contributed by atoms with E-state index in [2.05, 4.69) is 4.74 Å². The molecule has 1 saturated heterocycles. The molecular formula is C16H24N3O8P. The van der Waals surface area contributed by atoms with Crippen LogP contribution < -0.4 is 10.6 Å². The molecule has 0 aliphatic carbocycles. The number of morpholine rings is 1.